The second-order valence-corrected chi connectivity index (χ2v) is 5.86. The van der Waals surface area contributed by atoms with Crippen molar-refractivity contribution in [1.29, 1.82) is 0 Å². The van der Waals surface area contributed by atoms with Gasteiger partial charge in [0.05, 0.1) is 26.1 Å². The Hall–Kier alpha value is -1.00. The Morgan fingerprint density at radius 1 is 1.15 bits per heavy atom. The molecule has 0 atom stereocenters. The SMILES string of the molecule is O=[N+]([O-])c1ccc(C[N+]23CN4CN(CN(C4)C2)C3)o1.[Br-]. The summed E-state index contributed by atoms with van der Waals surface area (Å²) < 4.78 is 6.21. The van der Waals surface area contributed by atoms with Gasteiger partial charge in [-0.15, -0.1) is 0 Å². The van der Waals surface area contributed by atoms with Gasteiger partial charge in [0.1, 0.15) is 31.5 Å². The zero-order valence-corrected chi connectivity index (χ0v) is 12.5. The van der Waals surface area contributed by atoms with E-state index in [4.69, 9.17) is 4.42 Å². The van der Waals surface area contributed by atoms with E-state index in [-0.39, 0.29) is 22.9 Å². The van der Waals surface area contributed by atoms with E-state index in [1.165, 1.54) is 6.07 Å². The molecule has 1 aromatic rings. The third kappa shape index (κ3) is 2.25. The first kappa shape index (κ1) is 14.0. The first-order valence-electron chi connectivity index (χ1n) is 6.37. The van der Waals surface area contributed by atoms with Crippen molar-refractivity contribution in [3.63, 3.8) is 0 Å². The fourth-order valence-electron chi connectivity index (χ4n) is 3.69. The lowest BCUT2D eigenvalue weighted by molar-refractivity contribution is -0.992. The minimum atomic E-state index is -0.479. The Morgan fingerprint density at radius 3 is 2.15 bits per heavy atom. The molecule has 0 aliphatic carbocycles. The minimum absolute atomic E-state index is 0. The average molecular weight is 346 g/mol. The van der Waals surface area contributed by atoms with Crippen LogP contribution in [0, 0.1) is 10.1 Å². The molecule has 1 aromatic heterocycles. The standard InChI is InChI=1S/C11H16N5O3.BrH/c17-15(18)11-2-1-10(19-11)3-16-7-12-4-13(8-16)6-14(5-12)9-16;/h1-2H,3-9H2;1H/q+1;/p-1. The van der Waals surface area contributed by atoms with E-state index in [2.05, 4.69) is 14.7 Å². The van der Waals surface area contributed by atoms with Gasteiger partial charge in [-0.05, 0) is 6.07 Å². The molecule has 9 heteroatoms. The number of halogens is 1. The fourth-order valence-corrected chi connectivity index (χ4v) is 3.69. The van der Waals surface area contributed by atoms with E-state index in [1.54, 1.807) is 6.07 Å². The number of quaternary nitrogens is 1. The van der Waals surface area contributed by atoms with Crippen LogP contribution in [-0.4, -0.2) is 64.1 Å². The van der Waals surface area contributed by atoms with Crippen molar-refractivity contribution in [1.82, 2.24) is 14.7 Å². The van der Waals surface area contributed by atoms with Crippen molar-refractivity contribution in [2.75, 3.05) is 40.0 Å². The molecule has 8 nitrogen and oxygen atoms in total. The van der Waals surface area contributed by atoms with Crippen LogP contribution >= 0.6 is 0 Å². The van der Waals surface area contributed by atoms with Gasteiger partial charge < -0.3 is 21.4 Å². The number of rotatable bonds is 3. The van der Waals surface area contributed by atoms with Crippen LogP contribution in [0.1, 0.15) is 5.76 Å². The van der Waals surface area contributed by atoms with Crippen molar-refractivity contribution in [3.05, 3.63) is 28.0 Å². The van der Waals surface area contributed by atoms with E-state index in [9.17, 15) is 10.1 Å². The molecule has 4 saturated heterocycles. The largest absolute Gasteiger partial charge is 1.00 e. The quantitative estimate of drug-likeness (QED) is 0.335. The van der Waals surface area contributed by atoms with Gasteiger partial charge in [0.15, 0.2) is 5.76 Å². The number of furan rings is 1. The summed E-state index contributed by atoms with van der Waals surface area (Å²) in [6.45, 7) is 6.83. The van der Waals surface area contributed by atoms with Gasteiger partial charge in [-0.1, -0.05) is 0 Å². The van der Waals surface area contributed by atoms with Gasteiger partial charge in [0.25, 0.3) is 0 Å². The Morgan fingerprint density at radius 2 is 1.70 bits per heavy atom. The molecule has 0 saturated carbocycles. The lowest BCUT2D eigenvalue weighted by Gasteiger charge is -2.60. The molecule has 4 aliphatic rings. The highest BCUT2D eigenvalue weighted by Gasteiger charge is 2.48. The van der Waals surface area contributed by atoms with Crippen molar-refractivity contribution in [2.45, 2.75) is 6.54 Å². The van der Waals surface area contributed by atoms with E-state index in [1.807, 2.05) is 0 Å². The van der Waals surface area contributed by atoms with E-state index in [0.717, 1.165) is 51.0 Å². The summed E-state index contributed by atoms with van der Waals surface area (Å²) in [6, 6.07) is 3.18. The van der Waals surface area contributed by atoms with E-state index >= 15 is 0 Å². The lowest BCUT2D eigenvalue weighted by Crippen LogP contribution is -3.00. The first-order chi connectivity index (χ1) is 9.12. The molecule has 5 rings (SSSR count). The number of nitrogens with zero attached hydrogens (tertiary/aromatic N) is 5. The summed E-state index contributed by atoms with van der Waals surface area (Å²) in [5, 5.41) is 10.7. The highest BCUT2D eigenvalue weighted by molar-refractivity contribution is 5.17. The monoisotopic (exact) mass is 345 g/mol. The molecule has 5 heterocycles. The van der Waals surface area contributed by atoms with Crippen LogP contribution in [0.25, 0.3) is 0 Å². The summed E-state index contributed by atoms with van der Waals surface area (Å²) in [5.41, 5.74) is 0. The van der Waals surface area contributed by atoms with E-state index < -0.39 is 4.92 Å². The molecule has 0 radical (unpaired) electrons. The minimum Gasteiger partial charge on any atom is -1.00 e. The van der Waals surface area contributed by atoms with E-state index in [0.29, 0.717) is 5.76 Å². The summed E-state index contributed by atoms with van der Waals surface area (Å²) in [6.07, 6.45) is 0. The lowest BCUT2D eigenvalue weighted by atomic mass is 10.2. The van der Waals surface area contributed by atoms with Gasteiger partial charge in [-0.3, -0.25) is 14.6 Å². The molecule has 0 aromatic carbocycles. The third-order valence-electron chi connectivity index (χ3n) is 4.02. The predicted molar refractivity (Wildman–Crippen MR) is 64.0 cm³/mol. The van der Waals surface area contributed by atoms with Crippen LogP contribution in [0.15, 0.2) is 16.5 Å². The number of hydrogen-bond acceptors (Lipinski definition) is 6. The molecule has 0 unspecified atom stereocenters. The molecule has 4 bridgehead atoms. The number of nitro groups is 1. The smallest absolute Gasteiger partial charge is 0.433 e. The van der Waals surface area contributed by atoms with Gasteiger partial charge in [-0.2, -0.15) is 0 Å². The zero-order chi connectivity index (χ0) is 13.0. The second kappa shape index (κ2) is 4.78. The molecule has 20 heavy (non-hydrogen) atoms. The highest BCUT2D eigenvalue weighted by atomic mass is 79.9. The van der Waals surface area contributed by atoms with Gasteiger partial charge in [0.2, 0.25) is 0 Å². The van der Waals surface area contributed by atoms with Crippen LogP contribution < -0.4 is 17.0 Å². The Balaban J connectivity index is 0.00000121. The third-order valence-corrected chi connectivity index (χ3v) is 4.02. The molecule has 0 amide bonds. The maximum Gasteiger partial charge on any atom is 0.433 e. The number of hydrogen-bond donors (Lipinski definition) is 0. The molecule has 0 N–H and O–H groups in total. The molecule has 0 spiro atoms. The van der Waals surface area contributed by atoms with Gasteiger partial charge in [-0.25, -0.2) is 14.7 Å². The highest BCUT2D eigenvalue weighted by Crippen LogP contribution is 2.31. The Bertz CT molecular complexity index is 499. The van der Waals surface area contributed by atoms with Crippen LogP contribution in [0.5, 0.6) is 0 Å². The summed E-state index contributed by atoms with van der Waals surface area (Å²) in [7, 11) is 0. The van der Waals surface area contributed by atoms with Gasteiger partial charge in [0, 0.05) is 0 Å². The second-order valence-electron chi connectivity index (χ2n) is 5.86. The van der Waals surface area contributed by atoms with Crippen molar-refractivity contribution < 1.29 is 30.8 Å². The normalized spacial score (nSPS) is 37.7. The average Bonchev–Trinajstić information content (AvgIpc) is 2.74. The van der Waals surface area contributed by atoms with Crippen molar-refractivity contribution in [3.8, 4) is 0 Å². The summed E-state index contributed by atoms with van der Waals surface area (Å²) in [5.74, 6) is 0.544. The molecule has 4 fully saturated rings. The molecule has 4 aliphatic heterocycles. The summed E-state index contributed by atoms with van der Waals surface area (Å²) >= 11 is 0. The van der Waals surface area contributed by atoms with Gasteiger partial charge >= 0.3 is 5.88 Å². The van der Waals surface area contributed by atoms with Crippen LogP contribution in [0.3, 0.4) is 0 Å². The fraction of sp³-hybridized carbons (Fsp3) is 0.636. The maximum atomic E-state index is 10.7. The Kier molecular flexibility index (Phi) is 3.33. The van der Waals surface area contributed by atoms with Crippen LogP contribution in [0.4, 0.5) is 5.88 Å². The summed E-state index contributed by atoms with van der Waals surface area (Å²) in [4.78, 5) is 17.4. The van der Waals surface area contributed by atoms with Crippen molar-refractivity contribution in [2.24, 2.45) is 0 Å². The molecular weight excluding hydrogens is 330 g/mol. The Labute approximate surface area is 126 Å². The zero-order valence-electron chi connectivity index (χ0n) is 10.9. The van der Waals surface area contributed by atoms with Crippen LogP contribution in [0.2, 0.25) is 0 Å². The topological polar surface area (TPSA) is 66.0 Å². The molecule has 110 valence electrons. The first-order valence-corrected chi connectivity index (χ1v) is 6.37. The predicted octanol–water partition coefficient (Wildman–Crippen LogP) is -2.80. The van der Waals surface area contributed by atoms with Crippen LogP contribution in [-0.2, 0) is 6.54 Å². The van der Waals surface area contributed by atoms with Crippen molar-refractivity contribution >= 4 is 5.88 Å². The molecular formula is C11H16BrN5O3. The maximum absolute atomic E-state index is 10.7.